The molecule has 62 valence electrons. The SMILES string of the molecule is Cc1sc2ccnc(N)c2c1Br. The zero-order valence-electron chi connectivity index (χ0n) is 6.47. The normalized spacial score (nSPS) is 10.8. The molecule has 0 radical (unpaired) electrons. The van der Waals surface area contributed by atoms with Crippen LogP contribution in [0, 0.1) is 6.92 Å². The number of rotatable bonds is 0. The Morgan fingerprint density at radius 3 is 3.00 bits per heavy atom. The Morgan fingerprint density at radius 2 is 2.33 bits per heavy atom. The molecule has 2 nitrogen and oxygen atoms in total. The molecule has 2 aromatic rings. The zero-order valence-corrected chi connectivity index (χ0v) is 8.87. The number of halogens is 1. The second-order valence-corrected chi connectivity index (χ2v) is 4.59. The average Bonchev–Trinajstić information content (AvgIpc) is 2.29. The van der Waals surface area contributed by atoms with Gasteiger partial charge in [-0.15, -0.1) is 11.3 Å². The molecule has 0 saturated heterocycles. The lowest BCUT2D eigenvalue weighted by Crippen LogP contribution is -1.88. The number of aromatic nitrogens is 1. The van der Waals surface area contributed by atoms with Crippen LogP contribution < -0.4 is 5.73 Å². The maximum Gasteiger partial charge on any atom is 0.133 e. The zero-order chi connectivity index (χ0) is 8.72. The number of nitrogens with two attached hydrogens (primary N) is 1. The predicted molar refractivity (Wildman–Crippen MR) is 56.5 cm³/mol. The van der Waals surface area contributed by atoms with Crippen molar-refractivity contribution in [2.24, 2.45) is 0 Å². The molecule has 2 N–H and O–H groups in total. The van der Waals surface area contributed by atoms with Crippen LogP contribution >= 0.6 is 27.3 Å². The summed E-state index contributed by atoms with van der Waals surface area (Å²) in [7, 11) is 0. The summed E-state index contributed by atoms with van der Waals surface area (Å²) < 4.78 is 2.26. The van der Waals surface area contributed by atoms with E-state index in [1.54, 1.807) is 17.5 Å². The molecule has 12 heavy (non-hydrogen) atoms. The van der Waals surface area contributed by atoms with Crippen LogP contribution in [0.1, 0.15) is 4.88 Å². The van der Waals surface area contributed by atoms with E-state index in [0.717, 1.165) is 9.86 Å². The molecule has 2 rings (SSSR count). The van der Waals surface area contributed by atoms with E-state index in [0.29, 0.717) is 5.82 Å². The number of hydrogen-bond donors (Lipinski definition) is 1. The highest BCUT2D eigenvalue weighted by Gasteiger charge is 2.08. The van der Waals surface area contributed by atoms with Gasteiger partial charge >= 0.3 is 0 Å². The van der Waals surface area contributed by atoms with E-state index in [2.05, 4.69) is 27.8 Å². The van der Waals surface area contributed by atoms with Gasteiger partial charge in [-0.05, 0) is 28.9 Å². The van der Waals surface area contributed by atoms with Gasteiger partial charge in [-0.25, -0.2) is 4.98 Å². The smallest absolute Gasteiger partial charge is 0.133 e. The summed E-state index contributed by atoms with van der Waals surface area (Å²) in [5, 5.41) is 1.04. The van der Waals surface area contributed by atoms with Crippen LogP contribution in [0.4, 0.5) is 5.82 Å². The van der Waals surface area contributed by atoms with E-state index in [9.17, 15) is 0 Å². The van der Waals surface area contributed by atoms with Crippen LogP contribution in [0.25, 0.3) is 10.1 Å². The molecular weight excluding hydrogens is 236 g/mol. The topological polar surface area (TPSA) is 38.9 Å². The highest BCUT2D eigenvalue weighted by atomic mass is 79.9. The number of thiophene rings is 1. The summed E-state index contributed by atoms with van der Waals surface area (Å²) in [6, 6.07) is 1.98. The highest BCUT2D eigenvalue weighted by Crippen LogP contribution is 2.36. The quantitative estimate of drug-likeness (QED) is 0.772. The van der Waals surface area contributed by atoms with Gasteiger partial charge in [-0.3, -0.25) is 0 Å². The van der Waals surface area contributed by atoms with Gasteiger partial charge in [0.15, 0.2) is 0 Å². The van der Waals surface area contributed by atoms with E-state index in [-0.39, 0.29) is 0 Å². The molecule has 0 spiro atoms. The second kappa shape index (κ2) is 2.71. The molecule has 0 unspecified atom stereocenters. The van der Waals surface area contributed by atoms with Gasteiger partial charge in [0, 0.05) is 25.6 Å². The Morgan fingerprint density at radius 1 is 1.58 bits per heavy atom. The minimum absolute atomic E-state index is 0.601. The third-order valence-electron chi connectivity index (χ3n) is 1.73. The molecule has 0 atom stereocenters. The largest absolute Gasteiger partial charge is 0.383 e. The lowest BCUT2D eigenvalue weighted by Gasteiger charge is -1.94. The van der Waals surface area contributed by atoms with E-state index in [4.69, 9.17) is 5.73 Å². The number of anilines is 1. The summed E-state index contributed by atoms with van der Waals surface area (Å²) in [6.45, 7) is 2.06. The van der Waals surface area contributed by atoms with Crippen LogP contribution in [-0.4, -0.2) is 4.98 Å². The van der Waals surface area contributed by atoms with E-state index in [1.165, 1.54) is 9.58 Å². The fourth-order valence-corrected chi connectivity index (χ4v) is 2.90. The van der Waals surface area contributed by atoms with Gasteiger partial charge < -0.3 is 5.73 Å². The molecule has 4 heteroatoms. The van der Waals surface area contributed by atoms with Gasteiger partial charge in [0.05, 0.1) is 0 Å². The van der Waals surface area contributed by atoms with Crippen molar-refractivity contribution in [3.05, 3.63) is 21.6 Å². The van der Waals surface area contributed by atoms with Gasteiger partial charge in [0.1, 0.15) is 5.82 Å². The van der Waals surface area contributed by atoms with Crippen molar-refractivity contribution in [2.45, 2.75) is 6.92 Å². The minimum atomic E-state index is 0.601. The molecule has 0 fully saturated rings. The van der Waals surface area contributed by atoms with Crippen molar-refractivity contribution in [3.8, 4) is 0 Å². The Bertz CT molecular complexity index is 436. The summed E-state index contributed by atoms with van der Waals surface area (Å²) in [5.41, 5.74) is 5.74. The molecule has 0 aliphatic rings. The Hall–Kier alpha value is -0.610. The van der Waals surface area contributed by atoms with E-state index < -0.39 is 0 Å². The number of nitrogen functional groups attached to an aromatic ring is 1. The maximum absolute atomic E-state index is 5.74. The maximum atomic E-state index is 5.74. The lowest BCUT2D eigenvalue weighted by molar-refractivity contribution is 1.37. The summed E-state index contributed by atoms with van der Waals surface area (Å²) >= 11 is 5.22. The van der Waals surface area contributed by atoms with Crippen molar-refractivity contribution >= 4 is 43.2 Å². The van der Waals surface area contributed by atoms with Crippen LogP contribution in [0.5, 0.6) is 0 Å². The van der Waals surface area contributed by atoms with E-state index >= 15 is 0 Å². The van der Waals surface area contributed by atoms with Crippen molar-refractivity contribution in [3.63, 3.8) is 0 Å². The van der Waals surface area contributed by atoms with Gasteiger partial charge in [-0.1, -0.05) is 0 Å². The Balaban J connectivity index is 2.97. The predicted octanol–water partition coefficient (Wildman–Crippen LogP) is 2.95. The van der Waals surface area contributed by atoms with Crippen LogP contribution in [0.3, 0.4) is 0 Å². The number of fused-ring (bicyclic) bond motifs is 1. The second-order valence-electron chi connectivity index (χ2n) is 2.54. The van der Waals surface area contributed by atoms with Gasteiger partial charge in [0.2, 0.25) is 0 Å². The molecule has 2 heterocycles. The van der Waals surface area contributed by atoms with Crippen LogP contribution in [0.2, 0.25) is 0 Å². The molecule has 0 aromatic carbocycles. The fourth-order valence-electron chi connectivity index (χ4n) is 1.15. The Labute approximate surface area is 82.5 Å². The van der Waals surface area contributed by atoms with Crippen molar-refractivity contribution in [1.82, 2.24) is 4.98 Å². The number of hydrogen-bond acceptors (Lipinski definition) is 3. The number of nitrogens with zero attached hydrogens (tertiary/aromatic N) is 1. The molecule has 0 amide bonds. The van der Waals surface area contributed by atoms with Gasteiger partial charge in [-0.2, -0.15) is 0 Å². The third-order valence-corrected chi connectivity index (χ3v) is 4.06. The number of aryl methyl sites for hydroxylation is 1. The third kappa shape index (κ3) is 1.03. The summed E-state index contributed by atoms with van der Waals surface area (Å²) in [6.07, 6.45) is 1.74. The van der Waals surface area contributed by atoms with Crippen molar-refractivity contribution in [2.75, 3.05) is 5.73 Å². The molecule has 0 aliphatic carbocycles. The molecule has 0 bridgehead atoms. The molecule has 0 aliphatic heterocycles. The highest BCUT2D eigenvalue weighted by molar-refractivity contribution is 9.10. The first-order chi connectivity index (χ1) is 5.70. The first-order valence-electron chi connectivity index (χ1n) is 3.49. The molecular formula is C8H7BrN2S. The first kappa shape index (κ1) is 8.01. The van der Waals surface area contributed by atoms with Crippen molar-refractivity contribution < 1.29 is 0 Å². The molecule has 0 saturated carbocycles. The van der Waals surface area contributed by atoms with Crippen molar-refractivity contribution in [1.29, 1.82) is 0 Å². The fraction of sp³-hybridized carbons (Fsp3) is 0.125. The first-order valence-corrected chi connectivity index (χ1v) is 5.10. The summed E-state index contributed by atoms with van der Waals surface area (Å²) in [4.78, 5) is 5.28. The molecule has 2 aromatic heterocycles. The van der Waals surface area contributed by atoms with E-state index in [1.807, 2.05) is 6.07 Å². The van der Waals surface area contributed by atoms with Crippen LogP contribution in [-0.2, 0) is 0 Å². The monoisotopic (exact) mass is 242 g/mol. The van der Waals surface area contributed by atoms with Gasteiger partial charge in [0.25, 0.3) is 0 Å². The Kier molecular flexibility index (Phi) is 1.81. The lowest BCUT2D eigenvalue weighted by atomic mass is 10.3. The summed E-state index contributed by atoms with van der Waals surface area (Å²) in [5.74, 6) is 0.601. The minimum Gasteiger partial charge on any atom is -0.383 e. The average molecular weight is 243 g/mol. The van der Waals surface area contributed by atoms with Crippen LogP contribution in [0.15, 0.2) is 16.7 Å². The standard InChI is InChI=1S/C8H7BrN2S/c1-4-7(9)6-5(12-4)2-3-11-8(6)10/h2-3H,1H3,(H2,10,11). The number of pyridine rings is 1.